The maximum absolute atomic E-state index is 12.1. The molecule has 0 amide bonds. The number of nitrogens with zero attached hydrogens (tertiary/aromatic N) is 2. The number of rotatable bonds is 5. The molecular formula is C15H13N3O3S2. The largest absolute Gasteiger partial charge is 0.438 e. The zero-order chi connectivity index (χ0) is 16.3. The van der Waals surface area contributed by atoms with Gasteiger partial charge in [0.05, 0.1) is 5.69 Å². The van der Waals surface area contributed by atoms with Crippen LogP contribution in [0.15, 0.2) is 58.1 Å². The molecule has 0 saturated heterocycles. The zero-order valence-corrected chi connectivity index (χ0v) is 13.8. The molecule has 1 N–H and O–H groups in total. The van der Waals surface area contributed by atoms with Gasteiger partial charge in [-0.25, -0.2) is 8.42 Å². The number of sulfonamides is 1. The second-order valence-corrected chi connectivity index (χ2v) is 7.53. The van der Waals surface area contributed by atoms with Crippen LogP contribution in [0.5, 0.6) is 11.6 Å². The molecule has 0 spiro atoms. The topological polar surface area (TPSA) is 81.2 Å². The van der Waals surface area contributed by atoms with E-state index in [0.717, 1.165) is 17.0 Å². The predicted octanol–water partition coefficient (Wildman–Crippen LogP) is 3.44. The number of anilines is 1. The molecule has 0 fully saturated rings. The Balaban J connectivity index is 1.71. The fourth-order valence-electron chi connectivity index (χ4n) is 1.77. The molecule has 23 heavy (non-hydrogen) atoms. The van der Waals surface area contributed by atoms with Gasteiger partial charge in [-0.1, -0.05) is 6.07 Å². The molecule has 0 bridgehead atoms. The summed E-state index contributed by atoms with van der Waals surface area (Å²) in [5.41, 5.74) is 1.26. The van der Waals surface area contributed by atoms with Gasteiger partial charge in [-0.2, -0.15) is 5.10 Å². The highest BCUT2D eigenvalue weighted by Gasteiger charge is 2.14. The van der Waals surface area contributed by atoms with Crippen molar-refractivity contribution in [3.05, 3.63) is 59.6 Å². The predicted molar refractivity (Wildman–Crippen MR) is 88.4 cm³/mol. The van der Waals surface area contributed by atoms with Crippen molar-refractivity contribution < 1.29 is 13.2 Å². The van der Waals surface area contributed by atoms with Crippen molar-refractivity contribution in [3.8, 4) is 11.6 Å². The van der Waals surface area contributed by atoms with E-state index in [4.69, 9.17) is 4.74 Å². The Morgan fingerprint density at radius 1 is 1.04 bits per heavy atom. The molecule has 0 radical (unpaired) electrons. The van der Waals surface area contributed by atoms with Gasteiger partial charge < -0.3 is 4.74 Å². The maximum Gasteiger partial charge on any atom is 0.271 e. The summed E-state index contributed by atoms with van der Waals surface area (Å²) in [6, 6.07) is 13.3. The van der Waals surface area contributed by atoms with E-state index in [1.807, 2.05) is 6.92 Å². The molecule has 0 saturated carbocycles. The number of aryl methyl sites for hydroxylation is 1. The van der Waals surface area contributed by atoms with Gasteiger partial charge in [-0.15, -0.1) is 16.4 Å². The molecule has 0 aliphatic rings. The fourth-order valence-corrected chi connectivity index (χ4v) is 3.83. The van der Waals surface area contributed by atoms with Crippen LogP contribution >= 0.6 is 11.3 Å². The molecule has 0 aliphatic carbocycles. The highest BCUT2D eigenvalue weighted by atomic mass is 32.2. The Morgan fingerprint density at radius 3 is 2.43 bits per heavy atom. The van der Waals surface area contributed by atoms with Gasteiger partial charge in [-0.3, -0.25) is 4.72 Å². The van der Waals surface area contributed by atoms with E-state index in [1.54, 1.807) is 53.9 Å². The number of benzene rings is 1. The van der Waals surface area contributed by atoms with Crippen molar-refractivity contribution in [2.24, 2.45) is 0 Å². The van der Waals surface area contributed by atoms with Gasteiger partial charge >= 0.3 is 0 Å². The molecule has 118 valence electrons. The number of hydrogen-bond acceptors (Lipinski definition) is 6. The number of hydrogen-bond donors (Lipinski definition) is 1. The SMILES string of the molecule is Cc1ccc(Oc2ccc(NS(=O)(=O)c3cccs3)cc2)nn1. The molecule has 1 aromatic carbocycles. The Bertz CT molecular complexity index is 875. The maximum atomic E-state index is 12.1. The van der Waals surface area contributed by atoms with E-state index in [1.165, 1.54) is 0 Å². The van der Waals surface area contributed by atoms with E-state index in [0.29, 0.717) is 17.3 Å². The third-order valence-electron chi connectivity index (χ3n) is 2.86. The second-order valence-electron chi connectivity index (χ2n) is 4.68. The summed E-state index contributed by atoms with van der Waals surface area (Å²) < 4.78 is 32.6. The third kappa shape index (κ3) is 3.85. The summed E-state index contributed by atoms with van der Waals surface area (Å²) in [6.07, 6.45) is 0. The number of ether oxygens (including phenoxy) is 1. The standard InChI is InChI=1S/C15H13N3O3S2/c1-11-4-9-14(17-16-11)21-13-7-5-12(6-8-13)18-23(19,20)15-3-2-10-22-15/h2-10,18H,1H3. The number of thiophene rings is 1. The lowest BCUT2D eigenvalue weighted by Crippen LogP contribution is -2.11. The molecule has 3 rings (SSSR count). The van der Waals surface area contributed by atoms with Crippen LogP contribution in [0.25, 0.3) is 0 Å². The third-order valence-corrected chi connectivity index (χ3v) is 5.64. The van der Waals surface area contributed by atoms with E-state index in [2.05, 4.69) is 14.9 Å². The fraction of sp³-hybridized carbons (Fsp3) is 0.0667. The van der Waals surface area contributed by atoms with E-state index >= 15 is 0 Å². The first-order chi connectivity index (χ1) is 11.0. The highest BCUT2D eigenvalue weighted by molar-refractivity contribution is 7.94. The van der Waals surface area contributed by atoms with Crippen molar-refractivity contribution in [3.63, 3.8) is 0 Å². The Hall–Kier alpha value is -2.45. The van der Waals surface area contributed by atoms with Crippen LogP contribution in [-0.4, -0.2) is 18.6 Å². The summed E-state index contributed by atoms with van der Waals surface area (Å²) in [6.45, 7) is 1.84. The van der Waals surface area contributed by atoms with Crippen molar-refractivity contribution in [2.75, 3.05) is 4.72 Å². The summed E-state index contributed by atoms with van der Waals surface area (Å²) in [7, 11) is -3.54. The van der Waals surface area contributed by atoms with Gasteiger partial charge in [0.15, 0.2) is 0 Å². The molecule has 2 heterocycles. The molecule has 8 heteroatoms. The normalized spacial score (nSPS) is 11.2. The zero-order valence-electron chi connectivity index (χ0n) is 12.1. The number of aromatic nitrogens is 2. The van der Waals surface area contributed by atoms with Crippen LogP contribution in [0.1, 0.15) is 5.69 Å². The van der Waals surface area contributed by atoms with Crippen molar-refractivity contribution in [2.45, 2.75) is 11.1 Å². The smallest absolute Gasteiger partial charge is 0.271 e. The van der Waals surface area contributed by atoms with Gasteiger partial charge in [0.25, 0.3) is 10.0 Å². The lowest BCUT2D eigenvalue weighted by molar-refractivity contribution is 0.454. The van der Waals surface area contributed by atoms with Gasteiger partial charge in [0.2, 0.25) is 5.88 Å². The van der Waals surface area contributed by atoms with Crippen molar-refractivity contribution in [1.29, 1.82) is 0 Å². The van der Waals surface area contributed by atoms with E-state index < -0.39 is 10.0 Å². The minimum Gasteiger partial charge on any atom is -0.438 e. The first kappa shape index (κ1) is 15.4. The van der Waals surface area contributed by atoms with Crippen molar-refractivity contribution in [1.82, 2.24) is 10.2 Å². The quantitative estimate of drug-likeness (QED) is 0.764. The average Bonchev–Trinajstić information content (AvgIpc) is 3.07. The summed E-state index contributed by atoms with van der Waals surface area (Å²) in [4.78, 5) is 0. The molecule has 6 nitrogen and oxygen atoms in total. The van der Waals surface area contributed by atoms with Crippen LogP contribution in [0.4, 0.5) is 5.69 Å². The van der Waals surface area contributed by atoms with Gasteiger partial charge in [0.1, 0.15) is 9.96 Å². The molecule has 0 atom stereocenters. The van der Waals surface area contributed by atoms with Gasteiger partial charge in [0, 0.05) is 11.8 Å². The average molecular weight is 347 g/mol. The first-order valence-electron chi connectivity index (χ1n) is 6.67. The molecule has 3 aromatic rings. The monoisotopic (exact) mass is 347 g/mol. The highest BCUT2D eigenvalue weighted by Crippen LogP contribution is 2.24. The van der Waals surface area contributed by atoms with Crippen LogP contribution in [0, 0.1) is 6.92 Å². The van der Waals surface area contributed by atoms with Crippen LogP contribution < -0.4 is 9.46 Å². The lowest BCUT2D eigenvalue weighted by Gasteiger charge is -2.08. The summed E-state index contributed by atoms with van der Waals surface area (Å²) in [5, 5.41) is 9.53. The minimum atomic E-state index is -3.54. The van der Waals surface area contributed by atoms with Crippen LogP contribution in [0.2, 0.25) is 0 Å². The van der Waals surface area contributed by atoms with E-state index in [-0.39, 0.29) is 4.21 Å². The molecular weight excluding hydrogens is 334 g/mol. The Labute approximate surface area is 137 Å². The second kappa shape index (κ2) is 6.35. The van der Waals surface area contributed by atoms with Crippen LogP contribution in [0.3, 0.4) is 0 Å². The summed E-state index contributed by atoms with van der Waals surface area (Å²) in [5.74, 6) is 0.921. The lowest BCUT2D eigenvalue weighted by atomic mass is 10.3. The van der Waals surface area contributed by atoms with E-state index in [9.17, 15) is 8.42 Å². The number of nitrogens with one attached hydrogen (secondary N) is 1. The van der Waals surface area contributed by atoms with Gasteiger partial charge in [-0.05, 0) is 48.7 Å². The summed E-state index contributed by atoms with van der Waals surface area (Å²) >= 11 is 1.16. The van der Waals surface area contributed by atoms with Crippen LogP contribution in [-0.2, 0) is 10.0 Å². The first-order valence-corrected chi connectivity index (χ1v) is 9.04. The Morgan fingerprint density at radius 2 is 1.83 bits per heavy atom. The Kier molecular flexibility index (Phi) is 4.26. The minimum absolute atomic E-state index is 0.271. The molecule has 0 unspecified atom stereocenters. The molecule has 0 aliphatic heterocycles. The molecule has 2 aromatic heterocycles. The van der Waals surface area contributed by atoms with Crippen molar-refractivity contribution >= 4 is 27.0 Å².